The van der Waals surface area contributed by atoms with Crippen LogP contribution in [0.1, 0.15) is 46.5 Å². The summed E-state index contributed by atoms with van der Waals surface area (Å²) >= 11 is 0. The van der Waals surface area contributed by atoms with E-state index in [1.165, 1.54) is 14.0 Å². The maximum Gasteiger partial charge on any atom is 0.269 e. The van der Waals surface area contributed by atoms with Crippen molar-refractivity contribution in [2.75, 3.05) is 25.2 Å². The molecule has 2 aromatic rings. The number of carbonyl (C=O) groups excluding carboxylic acids is 3. The van der Waals surface area contributed by atoms with E-state index in [1.54, 1.807) is 41.3 Å². The highest BCUT2D eigenvalue weighted by Gasteiger charge is 2.23. The van der Waals surface area contributed by atoms with Crippen molar-refractivity contribution in [3.8, 4) is 11.5 Å². The van der Waals surface area contributed by atoms with E-state index in [9.17, 15) is 14.4 Å². The fourth-order valence-corrected chi connectivity index (χ4v) is 3.27. The lowest BCUT2D eigenvalue weighted by molar-refractivity contribution is -0.116. The van der Waals surface area contributed by atoms with Crippen LogP contribution >= 0.6 is 0 Å². The number of anilines is 1. The minimum Gasteiger partial charge on any atom is -0.493 e. The first-order valence-electron chi connectivity index (χ1n) is 9.77. The number of carbonyl (C=O) groups is 3. The van der Waals surface area contributed by atoms with Gasteiger partial charge in [-0.2, -0.15) is 0 Å². The molecule has 0 atom stereocenters. The van der Waals surface area contributed by atoms with Crippen LogP contribution in [0, 0.1) is 0 Å². The molecular weight excluding hydrogens is 386 g/mol. The van der Waals surface area contributed by atoms with Gasteiger partial charge in [-0.1, -0.05) is 6.92 Å². The van der Waals surface area contributed by atoms with Crippen molar-refractivity contribution < 1.29 is 23.9 Å². The third-order valence-electron chi connectivity index (χ3n) is 4.79. The Morgan fingerprint density at radius 3 is 2.30 bits per heavy atom. The Labute approximate surface area is 175 Å². The van der Waals surface area contributed by atoms with Crippen molar-refractivity contribution in [2.45, 2.75) is 26.7 Å². The number of amides is 3. The van der Waals surface area contributed by atoms with Gasteiger partial charge < -0.3 is 14.4 Å². The van der Waals surface area contributed by atoms with Crippen LogP contribution in [0.3, 0.4) is 0 Å². The molecule has 0 unspecified atom stereocenters. The molecule has 1 heterocycles. The van der Waals surface area contributed by atoms with E-state index in [0.29, 0.717) is 42.2 Å². The first-order valence-corrected chi connectivity index (χ1v) is 9.77. The topological polar surface area (TPSA) is 97.0 Å². The number of hydrogen-bond acceptors (Lipinski definition) is 5. The molecule has 3 amide bonds. The van der Waals surface area contributed by atoms with E-state index in [2.05, 4.69) is 10.9 Å². The van der Waals surface area contributed by atoms with Gasteiger partial charge in [0, 0.05) is 30.3 Å². The van der Waals surface area contributed by atoms with Crippen LogP contribution in [-0.4, -0.2) is 38.0 Å². The normalized spacial score (nSPS) is 12.2. The molecule has 0 saturated heterocycles. The summed E-state index contributed by atoms with van der Waals surface area (Å²) in [7, 11) is 1.50. The van der Waals surface area contributed by atoms with Gasteiger partial charge >= 0.3 is 0 Å². The maximum atomic E-state index is 12.4. The van der Waals surface area contributed by atoms with Gasteiger partial charge in [0.1, 0.15) is 0 Å². The molecule has 3 rings (SSSR count). The molecule has 2 N–H and O–H groups in total. The molecule has 0 radical (unpaired) electrons. The van der Waals surface area contributed by atoms with E-state index in [-0.39, 0.29) is 5.91 Å². The molecule has 0 spiro atoms. The summed E-state index contributed by atoms with van der Waals surface area (Å²) in [4.78, 5) is 38.2. The first kappa shape index (κ1) is 21.2. The van der Waals surface area contributed by atoms with Crippen LogP contribution in [0.4, 0.5) is 5.69 Å². The number of hydrazine groups is 1. The summed E-state index contributed by atoms with van der Waals surface area (Å²) in [6.45, 7) is 4.66. The lowest BCUT2D eigenvalue weighted by Crippen LogP contribution is -2.41. The number of fused-ring (bicyclic) bond motifs is 1. The van der Waals surface area contributed by atoms with Gasteiger partial charge in [-0.05, 0) is 54.8 Å². The zero-order chi connectivity index (χ0) is 21.7. The molecule has 1 aliphatic rings. The third kappa shape index (κ3) is 4.53. The van der Waals surface area contributed by atoms with Gasteiger partial charge in [0.05, 0.1) is 13.7 Å². The molecule has 0 saturated carbocycles. The largest absolute Gasteiger partial charge is 0.493 e. The summed E-state index contributed by atoms with van der Waals surface area (Å²) < 4.78 is 10.9. The molecule has 158 valence electrons. The average Bonchev–Trinajstić information content (AvgIpc) is 3.19. The second-order valence-corrected chi connectivity index (χ2v) is 6.89. The number of nitrogens with zero attached hydrogens (tertiary/aromatic N) is 1. The molecule has 0 bridgehead atoms. The van der Waals surface area contributed by atoms with Crippen LogP contribution in [-0.2, 0) is 11.2 Å². The monoisotopic (exact) mass is 411 g/mol. The summed E-state index contributed by atoms with van der Waals surface area (Å²) in [5.41, 5.74) is 7.30. The fraction of sp³-hybridized carbons (Fsp3) is 0.318. The van der Waals surface area contributed by atoms with E-state index >= 15 is 0 Å². The van der Waals surface area contributed by atoms with E-state index in [1.807, 2.05) is 6.92 Å². The number of benzene rings is 2. The van der Waals surface area contributed by atoms with Gasteiger partial charge in [0.2, 0.25) is 5.91 Å². The van der Waals surface area contributed by atoms with Crippen LogP contribution in [0.15, 0.2) is 36.4 Å². The van der Waals surface area contributed by atoms with Gasteiger partial charge in [-0.25, -0.2) is 0 Å². The molecular formula is C22H25N3O5. The Morgan fingerprint density at radius 1 is 1.00 bits per heavy atom. The lowest BCUT2D eigenvalue weighted by Gasteiger charge is -2.15. The Bertz CT molecular complexity index is 973. The summed E-state index contributed by atoms with van der Waals surface area (Å²) in [6, 6.07) is 9.93. The second kappa shape index (κ2) is 9.30. The summed E-state index contributed by atoms with van der Waals surface area (Å²) in [6.07, 6.45) is 1.54. The summed E-state index contributed by atoms with van der Waals surface area (Å²) in [5.74, 6) is 0.0448. The zero-order valence-corrected chi connectivity index (χ0v) is 17.3. The Kier molecular flexibility index (Phi) is 6.56. The van der Waals surface area contributed by atoms with Crippen LogP contribution < -0.4 is 25.2 Å². The number of hydrogen-bond donors (Lipinski definition) is 2. The molecule has 0 aliphatic carbocycles. The molecule has 2 aromatic carbocycles. The van der Waals surface area contributed by atoms with Gasteiger partial charge in [-0.15, -0.1) is 0 Å². The molecule has 8 nitrogen and oxygen atoms in total. The van der Waals surface area contributed by atoms with Crippen LogP contribution in [0.2, 0.25) is 0 Å². The smallest absolute Gasteiger partial charge is 0.269 e. The predicted octanol–water partition coefficient (Wildman–Crippen LogP) is 2.47. The zero-order valence-electron chi connectivity index (χ0n) is 17.3. The molecule has 8 heteroatoms. The van der Waals surface area contributed by atoms with Crippen molar-refractivity contribution >= 4 is 23.4 Å². The fourth-order valence-electron chi connectivity index (χ4n) is 3.27. The maximum absolute atomic E-state index is 12.4. The number of methoxy groups -OCH3 is 1. The van der Waals surface area contributed by atoms with Gasteiger partial charge in [-0.3, -0.25) is 25.2 Å². The lowest BCUT2D eigenvalue weighted by atomic mass is 10.1. The third-order valence-corrected chi connectivity index (χ3v) is 4.79. The minimum absolute atomic E-state index is 0.0280. The molecule has 30 heavy (non-hydrogen) atoms. The molecule has 1 aliphatic heterocycles. The highest BCUT2D eigenvalue weighted by molar-refractivity contribution is 6.00. The van der Waals surface area contributed by atoms with E-state index in [0.717, 1.165) is 17.7 Å². The molecule has 0 fully saturated rings. The predicted molar refractivity (Wildman–Crippen MR) is 112 cm³/mol. The van der Waals surface area contributed by atoms with Crippen molar-refractivity contribution in [3.63, 3.8) is 0 Å². The number of rotatable bonds is 6. The quantitative estimate of drug-likeness (QED) is 0.712. The Balaban J connectivity index is 1.64. The van der Waals surface area contributed by atoms with Crippen LogP contribution in [0.25, 0.3) is 0 Å². The minimum atomic E-state index is -0.479. The van der Waals surface area contributed by atoms with Gasteiger partial charge in [0.15, 0.2) is 11.5 Å². The van der Waals surface area contributed by atoms with E-state index < -0.39 is 11.8 Å². The SMILES string of the molecule is CCCOc1ccc(C(=O)NNC(=O)c2ccc3c(c2)CCN3C(C)=O)cc1OC. The Morgan fingerprint density at radius 2 is 1.67 bits per heavy atom. The van der Waals surface area contributed by atoms with Crippen molar-refractivity contribution in [1.29, 1.82) is 0 Å². The van der Waals surface area contributed by atoms with Crippen molar-refractivity contribution in [1.82, 2.24) is 10.9 Å². The van der Waals surface area contributed by atoms with E-state index in [4.69, 9.17) is 9.47 Å². The van der Waals surface area contributed by atoms with Gasteiger partial charge in [0.25, 0.3) is 11.8 Å². The highest BCUT2D eigenvalue weighted by atomic mass is 16.5. The van der Waals surface area contributed by atoms with Crippen molar-refractivity contribution in [3.05, 3.63) is 53.1 Å². The first-order chi connectivity index (χ1) is 14.4. The van der Waals surface area contributed by atoms with Crippen LogP contribution in [0.5, 0.6) is 11.5 Å². The molecule has 0 aromatic heterocycles. The highest BCUT2D eigenvalue weighted by Crippen LogP contribution is 2.29. The number of nitrogens with one attached hydrogen (secondary N) is 2. The standard InChI is InChI=1S/C22H25N3O5/c1-4-11-30-19-8-6-17(13-20(19)29-3)22(28)24-23-21(27)16-5-7-18-15(12-16)9-10-25(18)14(2)26/h5-8,12-13H,4,9-11H2,1-3H3,(H,23,27)(H,24,28). The average molecular weight is 411 g/mol. The number of ether oxygens (including phenoxy) is 2. The van der Waals surface area contributed by atoms with Crippen molar-refractivity contribution in [2.24, 2.45) is 0 Å². The second-order valence-electron chi connectivity index (χ2n) is 6.89. The summed E-state index contributed by atoms with van der Waals surface area (Å²) in [5, 5.41) is 0. The Hall–Kier alpha value is -3.55.